The molecule has 6 rings (SSSR count). The number of aliphatic hydroxyl groups is 1. The minimum absolute atomic E-state index is 0. The molecule has 230 valence electrons. The molecule has 2 aliphatic heterocycles. The molecule has 6 heterocycles. The summed E-state index contributed by atoms with van der Waals surface area (Å²) >= 11 is 0. The van der Waals surface area contributed by atoms with Crippen LogP contribution in [0.2, 0.25) is 0 Å². The van der Waals surface area contributed by atoms with E-state index >= 15 is 0 Å². The highest BCUT2D eigenvalue weighted by molar-refractivity contribution is 5.90. The van der Waals surface area contributed by atoms with Crippen molar-refractivity contribution in [1.29, 1.82) is 0 Å². The lowest BCUT2D eigenvalue weighted by molar-refractivity contribution is 0.0819. The van der Waals surface area contributed by atoms with Gasteiger partial charge in [-0.25, -0.2) is 0 Å². The van der Waals surface area contributed by atoms with E-state index in [0.29, 0.717) is 48.6 Å². The summed E-state index contributed by atoms with van der Waals surface area (Å²) < 4.78 is 8.51. The summed E-state index contributed by atoms with van der Waals surface area (Å²) in [7, 11) is 5.16. The monoisotopic (exact) mass is 598 g/mol. The number of aryl methyl sites for hydroxylation is 2. The number of ether oxygens (including phenoxy) is 1. The third kappa shape index (κ3) is 6.42. The van der Waals surface area contributed by atoms with Crippen LogP contribution in [0.3, 0.4) is 0 Å². The molecule has 0 bridgehead atoms. The molecule has 0 aliphatic carbocycles. The van der Waals surface area contributed by atoms with Gasteiger partial charge in [0.2, 0.25) is 11.0 Å². The minimum atomic E-state index is -0.272. The van der Waals surface area contributed by atoms with Crippen molar-refractivity contribution in [2.24, 2.45) is 14.1 Å². The number of pyridine rings is 4. The highest BCUT2D eigenvalue weighted by Gasteiger charge is 2.24. The Morgan fingerprint density at radius 2 is 1.18 bits per heavy atom. The average Bonchev–Trinajstić information content (AvgIpc) is 3.04. The maximum absolute atomic E-state index is 12.2. The molecular formula is C32H38N8O4. The van der Waals surface area contributed by atoms with Crippen LogP contribution in [0.25, 0.3) is 31.8 Å². The summed E-state index contributed by atoms with van der Waals surface area (Å²) in [4.78, 5) is 44.1. The van der Waals surface area contributed by atoms with Crippen molar-refractivity contribution in [3.05, 3.63) is 79.9 Å². The van der Waals surface area contributed by atoms with Gasteiger partial charge in [-0.2, -0.15) is 0 Å². The van der Waals surface area contributed by atoms with E-state index in [4.69, 9.17) is 17.9 Å². The zero-order valence-corrected chi connectivity index (χ0v) is 24.5. The summed E-state index contributed by atoms with van der Waals surface area (Å²) in [5.41, 5.74) is 4.27. The number of piperidine rings is 2. The Kier molecular flexibility index (Phi) is 9.99. The number of aromatic nitrogens is 4. The number of aliphatic hydroxyl groups excluding tert-OH is 1. The molecule has 0 amide bonds. The van der Waals surface area contributed by atoms with Crippen LogP contribution in [-0.4, -0.2) is 69.7 Å². The fourth-order valence-corrected chi connectivity index (χ4v) is 5.65. The fourth-order valence-electron chi connectivity index (χ4n) is 5.65. The lowest BCUT2D eigenvalue weighted by Crippen LogP contribution is -2.37. The summed E-state index contributed by atoms with van der Waals surface area (Å²) in [5.74, 6) is 0.665. The Bertz CT molecular complexity index is 1850. The Morgan fingerprint density at radius 1 is 0.773 bits per heavy atom. The van der Waals surface area contributed by atoms with Crippen molar-refractivity contribution in [1.82, 2.24) is 19.1 Å². The first-order chi connectivity index (χ1) is 20.7. The van der Waals surface area contributed by atoms with E-state index in [1.165, 1.54) is 0 Å². The van der Waals surface area contributed by atoms with Crippen molar-refractivity contribution in [2.75, 3.05) is 43.1 Å². The molecule has 0 atom stereocenters. The van der Waals surface area contributed by atoms with Crippen LogP contribution in [0, 0.1) is 13.1 Å². The molecule has 12 heteroatoms. The first kappa shape index (κ1) is 32.1. The molecule has 2 fully saturated rings. The SMILES string of the molecule is C.[C-]#[N+]c1ccc2c(n1)c(N1CCC(O)CC1)cc(=O)n2C.[C-]#[N+]c1ccc2c(n1)c(N1CCC(OC)CC1)cc(=O)n2C. The molecule has 2 aliphatic rings. The van der Waals surface area contributed by atoms with Crippen molar-refractivity contribution in [3.8, 4) is 0 Å². The first-order valence-corrected chi connectivity index (χ1v) is 14.2. The molecule has 0 spiro atoms. The molecule has 0 saturated carbocycles. The van der Waals surface area contributed by atoms with Gasteiger partial charge >= 0.3 is 0 Å². The van der Waals surface area contributed by atoms with Crippen molar-refractivity contribution in [3.63, 3.8) is 0 Å². The first-order valence-electron chi connectivity index (χ1n) is 14.2. The van der Waals surface area contributed by atoms with E-state index in [0.717, 1.165) is 48.3 Å². The van der Waals surface area contributed by atoms with Gasteiger partial charge in [0, 0.05) is 59.5 Å². The number of nitrogens with zero attached hydrogens (tertiary/aromatic N) is 8. The van der Waals surface area contributed by atoms with Crippen LogP contribution in [-0.2, 0) is 18.8 Å². The molecular weight excluding hydrogens is 560 g/mol. The van der Waals surface area contributed by atoms with Gasteiger partial charge in [-0.1, -0.05) is 20.6 Å². The molecule has 12 nitrogen and oxygen atoms in total. The topological polar surface area (TPSA) is 114 Å². The number of rotatable bonds is 3. The van der Waals surface area contributed by atoms with E-state index in [2.05, 4.69) is 29.5 Å². The van der Waals surface area contributed by atoms with Crippen LogP contribution >= 0.6 is 0 Å². The minimum Gasteiger partial charge on any atom is -0.393 e. The van der Waals surface area contributed by atoms with Crippen LogP contribution in [0.15, 0.2) is 46.0 Å². The van der Waals surface area contributed by atoms with Crippen molar-refractivity contribution < 1.29 is 9.84 Å². The Labute approximate surface area is 256 Å². The summed E-state index contributed by atoms with van der Waals surface area (Å²) in [6.07, 6.45) is 3.22. The van der Waals surface area contributed by atoms with Gasteiger partial charge in [0.15, 0.2) is 0 Å². The molecule has 0 unspecified atom stereocenters. The lowest BCUT2D eigenvalue weighted by atomic mass is 10.1. The van der Waals surface area contributed by atoms with E-state index in [-0.39, 0.29) is 30.8 Å². The summed E-state index contributed by atoms with van der Waals surface area (Å²) in [6.45, 7) is 17.3. The zero-order chi connectivity index (χ0) is 30.7. The third-order valence-electron chi connectivity index (χ3n) is 8.26. The second-order valence-corrected chi connectivity index (χ2v) is 10.8. The number of anilines is 2. The van der Waals surface area contributed by atoms with Gasteiger partial charge in [0.25, 0.3) is 22.8 Å². The van der Waals surface area contributed by atoms with Crippen molar-refractivity contribution in [2.45, 2.75) is 45.3 Å². The summed E-state index contributed by atoms with van der Waals surface area (Å²) in [6, 6.07) is 10.0. The predicted molar refractivity (Wildman–Crippen MR) is 173 cm³/mol. The van der Waals surface area contributed by atoms with Gasteiger partial charge in [-0.15, -0.1) is 9.97 Å². The van der Waals surface area contributed by atoms with Crippen LogP contribution in [0.4, 0.5) is 23.0 Å². The molecule has 0 radical (unpaired) electrons. The Morgan fingerprint density at radius 3 is 1.57 bits per heavy atom. The van der Waals surface area contributed by atoms with E-state index in [1.807, 2.05) is 0 Å². The number of methoxy groups -OCH3 is 1. The molecule has 1 N–H and O–H groups in total. The maximum atomic E-state index is 12.2. The lowest BCUT2D eigenvalue weighted by Gasteiger charge is -2.32. The highest BCUT2D eigenvalue weighted by Crippen LogP contribution is 2.29. The van der Waals surface area contributed by atoms with Gasteiger partial charge < -0.3 is 38.5 Å². The molecule has 0 aromatic carbocycles. The standard InChI is InChI=1S/C16H18N4O2.C15H16N4O2.CH4/c1-17-14-5-4-12-16(18-14)13(10-15(21)19(12)2)20-8-6-11(22-3)7-9-20;1-16-13-4-3-11-15(17-13)12(9-14(21)18(11)2)19-7-5-10(20)6-8-19;/h4-5,10-11H,6-9H2,2-3H3;3-4,9-10,20H,5-8H2,2H3;1H4. The maximum Gasteiger partial charge on any atom is 0.270 e. The van der Waals surface area contributed by atoms with Gasteiger partial charge in [-0.05, 0) is 49.9 Å². The molecule has 4 aromatic heterocycles. The van der Waals surface area contributed by atoms with Crippen LogP contribution in [0.5, 0.6) is 0 Å². The Hall–Kier alpha value is -4.78. The van der Waals surface area contributed by atoms with Crippen molar-refractivity contribution >= 4 is 45.1 Å². The third-order valence-corrected chi connectivity index (χ3v) is 8.26. The van der Waals surface area contributed by atoms with E-state index in [9.17, 15) is 14.7 Å². The zero-order valence-electron chi connectivity index (χ0n) is 24.5. The largest absolute Gasteiger partial charge is 0.393 e. The van der Waals surface area contributed by atoms with E-state index in [1.54, 1.807) is 66.7 Å². The Balaban J connectivity index is 0.000000197. The average molecular weight is 599 g/mol. The molecule has 4 aromatic rings. The second-order valence-electron chi connectivity index (χ2n) is 10.8. The quantitative estimate of drug-likeness (QED) is 0.350. The smallest absolute Gasteiger partial charge is 0.270 e. The number of hydrogen-bond donors (Lipinski definition) is 1. The van der Waals surface area contributed by atoms with Gasteiger partial charge in [0.1, 0.15) is 0 Å². The normalized spacial score (nSPS) is 15.7. The van der Waals surface area contributed by atoms with Gasteiger partial charge in [0.05, 0.1) is 34.6 Å². The fraction of sp³-hybridized carbons (Fsp3) is 0.438. The highest BCUT2D eigenvalue weighted by atomic mass is 16.5. The molecule has 2 saturated heterocycles. The molecule has 44 heavy (non-hydrogen) atoms. The predicted octanol–water partition coefficient (Wildman–Crippen LogP) is 4.18. The van der Waals surface area contributed by atoms with Gasteiger partial charge in [-0.3, -0.25) is 9.59 Å². The van der Waals surface area contributed by atoms with E-state index < -0.39 is 0 Å². The summed E-state index contributed by atoms with van der Waals surface area (Å²) in [5, 5.41) is 9.62. The number of hydrogen-bond acceptors (Lipinski definition) is 8. The second kappa shape index (κ2) is 13.7. The number of fused-ring (bicyclic) bond motifs is 2. The van der Waals surface area contributed by atoms with Crippen LogP contribution in [0.1, 0.15) is 33.1 Å². The van der Waals surface area contributed by atoms with Crippen LogP contribution < -0.4 is 20.9 Å².